The normalized spacial score (nSPS) is 11.7. The van der Waals surface area contributed by atoms with Gasteiger partial charge in [-0.1, -0.05) is 5.16 Å². The molecule has 7 heteroatoms. The van der Waals surface area contributed by atoms with Crippen molar-refractivity contribution in [2.45, 2.75) is 20.8 Å². The predicted octanol–water partition coefficient (Wildman–Crippen LogP) is 1.63. The number of nitrogens with zero attached hydrogens (tertiary/aromatic N) is 4. The minimum atomic E-state index is -0.0381. The number of hydrogen-bond donors (Lipinski definition) is 2. The van der Waals surface area contributed by atoms with Gasteiger partial charge in [0.05, 0.1) is 17.0 Å². The van der Waals surface area contributed by atoms with Crippen LogP contribution in [0.15, 0.2) is 17.3 Å². The highest BCUT2D eigenvalue weighted by Gasteiger charge is 2.16. The first kappa shape index (κ1) is 13.9. The minimum absolute atomic E-state index is 0.0381. The van der Waals surface area contributed by atoms with Crippen LogP contribution in [0.5, 0.6) is 11.6 Å². The van der Waals surface area contributed by atoms with Crippen molar-refractivity contribution in [1.29, 1.82) is 0 Å². The second kappa shape index (κ2) is 5.20. The maximum Gasteiger partial charge on any atom is 0.217 e. The zero-order valence-electron chi connectivity index (χ0n) is 11.9. The van der Waals surface area contributed by atoms with E-state index in [1.165, 1.54) is 0 Å². The van der Waals surface area contributed by atoms with Crippen molar-refractivity contribution in [1.82, 2.24) is 14.8 Å². The third-order valence-corrected chi connectivity index (χ3v) is 2.83. The molecule has 0 spiro atoms. The molecule has 20 heavy (non-hydrogen) atoms. The number of aryl methyl sites for hydroxylation is 4. The van der Waals surface area contributed by atoms with Crippen molar-refractivity contribution in [3.63, 3.8) is 0 Å². The summed E-state index contributed by atoms with van der Waals surface area (Å²) in [6.45, 7) is 5.51. The van der Waals surface area contributed by atoms with Gasteiger partial charge in [-0.3, -0.25) is 4.98 Å². The van der Waals surface area contributed by atoms with Gasteiger partial charge in [-0.15, -0.1) is 0 Å². The summed E-state index contributed by atoms with van der Waals surface area (Å²) < 4.78 is 7.46. The Morgan fingerprint density at radius 2 is 2.00 bits per heavy atom. The fraction of sp³-hybridized carbons (Fsp3) is 0.308. The Morgan fingerprint density at radius 1 is 1.30 bits per heavy atom. The molecule has 0 aliphatic heterocycles. The van der Waals surface area contributed by atoms with Gasteiger partial charge in [0, 0.05) is 24.9 Å². The fourth-order valence-electron chi connectivity index (χ4n) is 2.03. The smallest absolute Gasteiger partial charge is 0.217 e. The number of hydrogen-bond acceptors (Lipinski definition) is 5. The third kappa shape index (κ3) is 2.56. The molecule has 0 aliphatic rings. The van der Waals surface area contributed by atoms with Crippen molar-refractivity contribution < 1.29 is 9.94 Å². The molecule has 0 saturated carbocycles. The monoisotopic (exact) mass is 275 g/mol. The number of ether oxygens (including phenoxy) is 1. The number of nitrogens with two attached hydrogens (primary N) is 1. The van der Waals surface area contributed by atoms with Gasteiger partial charge in [-0.25, -0.2) is 4.68 Å². The average Bonchev–Trinajstić information content (AvgIpc) is 2.66. The highest BCUT2D eigenvalue weighted by Crippen LogP contribution is 2.27. The van der Waals surface area contributed by atoms with Crippen LogP contribution in [-0.4, -0.2) is 25.8 Å². The lowest BCUT2D eigenvalue weighted by molar-refractivity contribution is 0.318. The Hall–Kier alpha value is -2.57. The number of amidine groups is 1. The summed E-state index contributed by atoms with van der Waals surface area (Å²) in [5, 5.41) is 16.1. The summed E-state index contributed by atoms with van der Waals surface area (Å²) >= 11 is 0. The Bertz CT molecular complexity index is 676. The molecule has 0 fully saturated rings. The number of oxime groups is 1. The minimum Gasteiger partial charge on any atom is -0.438 e. The standard InChI is InChI=1S/C13H17N5O2/c1-7-5-10(12(9(3)15-7)13(14)17-19)20-11-6-8(2)16-18(11)4/h5-6,19H,1-4H3,(H2,14,17). The first-order chi connectivity index (χ1) is 9.42. The van der Waals surface area contributed by atoms with E-state index in [2.05, 4.69) is 15.2 Å². The quantitative estimate of drug-likeness (QED) is 0.384. The van der Waals surface area contributed by atoms with E-state index < -0.39 is 0 Å². The molecule has 2 aromatic rings. The summed E-state index contributed by atoms with van der Waals surface area (Å²) in [4.78, 5) is 4.30. The number of rotatable bonds is 3. The summed E-state index contributed by atoms with van der Waals surface area (Å²) in [5.41, 5.74) is 8.43. The fourth-order valence-corrected chi connectivity index (χ4v) is 2.03. The molecule has 2 rings (SSSR count). The SMILES string of the molecule is Cc1cc(Oc2cc(C)nn2C)c(/C(N)=N/O)c(C)n1. The summed E-state index contributed by atoms with van der Waals surface area (Å²) in [6.07, 6.45) is 0. The van der Waals surface area contributed by atoms with Gasteiger partial charge in [-0.2, -0.15) is 5.10 Å². The van der Waals surface area contributed by atoms with Gasteiger partial charge in [0.15, 0.2) is 5.84 Å². The van der Waals surface area contributed by atoms with E-state index in [0.717, 1.165) is 11.4 Å². The maximum absolute atomic E-state index is 8.89. The van der Waals surface area contributed by atoms with Crippen molar-refractivity contribution in [2.75, 3.05) is 0 Å². The van der Waals surface area contributed by atoms with Crippen molar-refractivity contribution in [3.8, 4) is 11.6 Å². The molecule has 106 valence electrons. The summed E-state index contributed by atoms with van der Waals surface area (Å²) in [7, 11) is 1.78. The van der Waals surface area contributed by atoms with E-state index in [9.17, 15) is 0 Å². The van der Waals surface area contributed by atoms with E-state index >= 15 is 0 Å². The summed E-state index contributed by atoms with van der Waals surface area (Å²) in [6, 6.07) is 3.55. The second-order valence-corrected chi connectivity index (χ2v) is 4.56. The van der Waals surface area contributed by atoms with Crippen LogP contribution in [0.4, 0.5) is 0 Å². The Kier molecular flexibility index (Phi) is 3.60. The van der Waals surface area contributed by atoms with Crippen LogP contribution in [0.3, 0.4) is 0 Å². The van der Waals surface area contributed by atoms with Crippen LogP contribution in [0, 0.1) is 20.8 Å². The molecule has 0 bridgehead atoms. The first-order valence-electron chi connectivity index (χ1n) is 6.07. The molecule has 0 unspecified atom stereocenters. The molecule has 2 heterocycles. The van der Waals surface area contributed by atoms with E-state index in [-0.39, 0.29) is 5.84 Å². The van der Waals surface area contributed by atoms with E-state index in [1.54, 1.807) is 30.8 Å². The molecule has 0 saturated heterocycles. The molecular weight excluding hydrogens is 258 g/mol. The van der Waals surface area contributed by atoms with Gasteiger partial charge in [0.1, 0.15) is 5.75 Å². The van der Waals surface area contributed by atoms with E-state index in [1.807, 2.05) is 13.8 Å². The van der Waals surface area contributed by atoms with Crippen LogP contribution < -0.4 is 10.5 Å². The van der Waals surface area contributed by atoms with Crippen LogP contribution >= 0.6 is 0 Å². The lowest BCUT2D eigenvalue weighted by Crippen LogP contribution is -2.17. The van der Waals surface area contributed by atoms with E-state index in [0.29, 0.717) is 22.9 Å². The van der Waals surface area contributed by atoms with Gasteiger partial charge in [0.2, 0.25) is 5.88 Å². The Labute approximate surface area is 116 Å². The highest BCUT2D eigenvalue weighted by atomic mass is 16.5. The third-order valence-electron chi connectivity index (χ3n) is 2.83. The second-order valence-electron chi connectivity index (χ2n) is 4.56. The van der Waals surface area contributed by atoms with Crippen molar-refractivity contribution in [3.05, 3.63) is 34.8 Å². The predicted molar refractivity (Wildman–Crippen MR) is 74.2 cm³/mol. The molecule has 3 N–H and O–H groups in total. The number of pyridine rings is 1. The molecule has 0 amide bonds. The molecule has 0 radical (unpaired) electrons. The molecule has 2 aromatic heterocycles. The largest absolute Gasteiger partial charge is 0.438 e. The van der Waals surface area contributed by atoms with Crippen molar-refractivity contribution in [2.24, 2.45) is 17.9 Å². The molecule has 7 nitrogen and oxygen atoms in total. The number of aromatic nitrogens is 3. The van der Waals surface area contributed by atoms with Crippen LogP contribution in [0.1, 0.15) is 22.6 Å². The Morgan fingerprint density at radius 3 is 2.55 bits per heavy atom. The molecule has 0 aliphatic carbocycles. The lowest BCUT2D eigenvalue weighted by Gasteiger charge is -2.13. The maximum atomic E-state index is 8.89. The lowest BCUT2D eigenvalue weighted by atomic mass is 10.1. The van der Waals surface area contributed by atoms with Crippen LogP contribution in [0.2, 0.25) is 0 Å². The highest BCUT2D eigenvalue weighted by molar-refractivity contribution is 6.00. The van der Waals surface area contributed by atoms with Crippen molar-refractivity contribution >= 4 is 5.84 Å². The summed E-state index contributed by atoms with van der Waals surface area (Å²) in [5.74, 6) is 1.01. The van der Waals surface area contributed by atoms with Gasteiger partial charge in [0.25, 0.3) is 0 Å². The molecule has 0 atom stereocenters. The average molecular weight is 275 g/mol. The molecular formula is C13H17N5O2. The first-order valence-corrected chi connectivity index (χ1v) is 6.07. The van der Waals surface area contributed by atoms with Gasteiger partial charge < -0.3 is 15.7 Å². The Balaban J connectivity index is 2.53. The van der Waals surface area contributed by atoms with Gasteiger partial charge in [-0.05, 0) is 20.8 Å². The van der Waals surface area contributed by atoms with Crippen LogP contribution in [-0.2, 0) is 7.05 Å². The zero-order chi connectivity index (χ0) is 14.9. The van der Waals surface area contributed by atoms with Crippen LogP contribution in [0.25, 0.3) is 0 Å². The topological polar surface area (TPSA) is 98.6 Å². The van der Waals surface area contributed by atoms with E-state index in [4.69, 9.17) is 15.7 Å². The molecule has 0 aromatic carbocycles. The zero-order valence-corrected chi connectivity index (χ0v) is 11.9. The van der Waals surface area contributed by atoms with Gasteiger partial charge >= 0.3 is 0 Å².